The zero-order valence-electron chi connectivity index (χ0n) is 6.55. The molecule has 0 aliphatic carbocycles. The van der Waals surface area contributed by atoms with Gasteiger partial charge in [-0.05, 0) is 24.7 Å². The van der Waals surface area contributed by atoms with Crippen LogP contribution < -0.4 is 0 Å². The Morgan fingerprint density at radius 3 is 2.60 bits per heavy atom. The summed E-state index contributed by atoms with van der Waals surface area (Å²) < 4.78 is 5.21. The summed E-state index contributed by atoms with van der Waals surface area (Å²) in [5.74, 6) is 1.16. The third-order valence-corrected chi connectivity index (χ3v) is 2.36. The minimum absolute atomic E-state index is 0.324. The molecule has 2 heteroatoms. The standard InChI is InChI=1S/C8H16O2/c1-7(6-9)8-2-4-10-5-3-8/h7-9H,2-6H2,1H3/t7-/m1/s1. The largest absolute Gasteiger partial charge is 0.396 e. The lowest BCUT2D eigenvalue weighted by Gasteiger charge is -2.26. The van der Waals surface area contributed by atoms with E-state index in [4.69, 9.17) is 9.84 Å². The summed E-state index contributed by atoms with van der Waals surface area (Å²) in [6.45, 7) is 4.20. The van der Waals surface area contributed by atoms with Gasteiger partial charge in [0, 0.05) is 19.8 Å². The van der Waals surface area contributed by atoms with Gasteiger partial charge >= 0.3 is 0 Å². The summed E-state index contributed by atoms with van der Waals surface area (Å²) in [5, 5.41) is 8.85. The molecule has 2 nitrogen and oxygen atoms in total. The fourth-order valence-corrected chi connectivity index (χ4v) is 1.43. The van der Waals surface area contributed by atoms with Gasteiger partial charge in [0.1, 0.15) is 0 Å². The number of hydrogen-bond donors (Lipinski definition) is 1. The average Bonchev–Trinajstić information content (AvgIpc) is 2.05. The lowest BCUT2D eigenvalue weighted by molar-refractivity contribution is 0.0377. The van der Waals surface area contributed by atoms with Crippen LogP contribution in [-0.2, 0) is 4.74 Å². The van der Waals surface area contributed by atoms with Crippen molar-refractivity contribution in [2.24, 2.45) is 11.8 Å². The monoisotopic (exact) mass is 144 g/mol. The molecule has 10 heavy (non-hydrogen) atoms. The van der Waals surface area contributed by atoms with Gasteiger partial charge in [0.05, 0.1) is 0 Å². The first-order chi connectivity index (χ1) is 4.84. The highest BCUT2D eigenvalue weighted by Gasteiger charge is 2.19. The van der Waals surface area contributed by atoms with Crippen LogP contribution in [-0.4, -0.2) is 24.9 Å². The first-order valence-corrected chi connectivity index (χ1v) is 4.03. The van der Waals surface area contributed by atoms with E-state index >= 15 is 0 Å². The molecule has 1 fully saturated rings. The van der Waals surface area contributed by atoms with Crippen molar-refractivity contribution in [3.63, 3.8) is 0 Å². The van der Waals surface area contributed by atoms with Crippen LogP contribution in [0.3, 0.4) is 0 Å². The van der Waals surface area contributed by atoms with Crippen molar-refractivity contribution in [3.8, 4) is 0 Å². The molecule has 0 aromatic carbocycles. The summed E-state index contributed by atoms with van der Waals surface area (Å²) in [4.78, 5) is 0. The second-order valence-corrected chi connectivity index (χ2v) is 3.11. The van der Waals surface area contributed by atoms with E-state index in [9.17, 15) is 0 Å². The SMILES string of the molecule is C[C@H](CO)C1CCOCC1. The lowest BCUT2D eigenvalue weighted by Crippen LogP contribution is -2.23. The second-order valence-electron chi connectivity index (χ2n) is 3.11. The Labute approximate surface area is 62.2 Å². The quantitative estimate of drug-likeness (QED) is 0.627. The summed E-state index contributed by atoms with van der Waals surface area (Å²) in [6.07, 6.45) is 2.25. The molecule has 0 spiro atoms. The highest BCUT2D eigenvalue weighted by atomic mass is 16.5. The molecule has 1 heterocycles. The normalized spacial score (nSPS) is 24.6. The fourth-order valence-electron chi connectivity index (χ4n) is 1.43. The third kappa shape index (κ3) is 1.96. The molecule has 0 aromatic rings. The van der Waals surface area contributed by atoms with E-state index in [0.29, 0.717) is 18.4 Å². The Balaban J connectivity index is 2.24. The van der Waals surface area contributed by atoms with E-state index in [1.807, 2.05) is 0 Å². The highest BCUT2D eigenvalue weighted by Crippen LogP contribution is 2.22. The molecule has 1 aliphatic heterocycles. The molecule has 0 unspecified atom stereocenters. The van der Waals surface area contributed by atoms with Crippen molar-refractivity contribution in [1.82, 2.24) is 0 Å². The predicted molar refractivity (Wildman–Crippen MR) is 39.8 cm³/mol. The average molecular weight is 144 g/mol. The van der Waals surface area contributed by atoms with Crippen LogP contribution in [0.2, 0.25) is 0 Å². The maximum atomic E-state index is 8.85. The predicted octanol–water partition coefficient (Wildman–Crippen LogP) is 1.04. The lowest BCUT2D eigenvalue weighted by atomic mass is 9.88. The van der Waals surface area contributed by atoms with Gasteiger partial charge in [-0.3, -0.25) is 0 Å². The maximum absolute atomic E-state index is 8.85. The van der Waals surface area contributed by atoms with Crippen molar-refractivity contribution in [1.29, 1.82) is 0 Å². The van der Waals surface area contributed by atoms with E-state index < -0.39 is 0 Å². The van der Waals surface area contributed by atoms with Gasteiger partial charge in [0.25, 0.3) is 0 Å². The smallest absolute Gasteiger partial charge is 0.0468 e. The van der Waals surface area contributed by atoms with E-state index in [-0.39, 0.29) is 0 Å². The third-order valence-electron chi connectivity index (χ3n) is 2.36. The zero-order valence-corrected chi connectivity index (χ0v) is 6.55. The molecule has 1 saturated heterocycles. The number of hydrogen-bond acceptors (Lipinski definition) is 2. The molecule has 1 rings (SSSR count). The first kappa shape index (κ1) is 8.02. The van der Waals surface area contributed by atoms with Crippen LogP contribution >= 0.6 is 0 Å². The minimum Gasteiger partial charge on any atom is -0.396 e. The second kappa shape index (κ2) is 3.94. The summed E-state index contributed by atoms with van der Waals surface area (Å²) in [5.41, 5.74) is 0. The number of aliphatic hydroxyl groups excluding tert-OH is 1. The highest BCUT2D eigenvalue weighted by molar-refractivity contribution is 4.68. The number of aliphatic hydroxyl groups is 1. The van der Waals surface area contributed by atoms with Crippen LogP contribution in [0.25, 0.3) is 0 Å². The summed E-state index contributed by atoms with van der Waals surface area (Å²) in [7, 11) is 0. The van der Waals surface area contributed by atoms with E-state index in [1.54, 1.807) is 0 Å². The van der Waals surface area contributed by atoms with Gasteiger partial charge in [0.15, 0.2) is 0 Å². The molecule has 0 bridgehead atoms. The fraction of sp³-hybridized carbons (Fsp3) is 1.00. The molecular formula is C8H16O2. The van der Waals surface area contributed by atoms with Crippen molar-refractivity contribution in [2.45, 2.75) is 19.8 Å². The Morgan fingerprint density at radius 2 is 2.10 bits per heavy atom. The molecule has 0 amide bonds. The first-order valence-electron chi connectivity index (χ1n) is 4.03. The van der Waals surface area contributed by atoms with Crippen molar-refractivity contribution in [3.05, 3.63) is 0 Å². The molecule has 1 aliphatic rings. The molecule has 0 aromatic heterocycles. The van der Waals surface area contributed by atoms with E-state index in [0.717, 1.165) is 26.1 Å². The molecular weight excluding hydrogens is 128 g/mol. The van der Waals surface area contributed by atoms with Gasteiger partial charge in [0.2, 0.25) is 0 Å². The zero-order chi connectivity index (χ0) is 7.40. The maximum Gasteiger partial charge on any atom is 0.0468 e. The van der Waals surface area contributed by atoms with Gasteiger partial charge in [-0.2, -0.15) is 0 Å². The molecule has 0 saturated carbocycles. The topological polar surface area (TPSA) is 29.5 Å². The van der Waals surface area contributed by atoms with Crippen LogP contribution in [0.5, 0.6) is 0 Å². The number of ether oxygens (including phenoxy) is 1. The van der Waals surface area contributed by atoms with E-state index in [1.165, 1.54) is 0 Å². The van der Waals surface area contributed by atoms with Crippen LogP contribution in [0.15, 0.2) is 0 Å². The van der Waals surface area contributed by atoms with Gasteiger partial charge in [-0.15, -0.1) is 0 Å². The van der Waals surface area contributed by atoms with Gasteiger partial charge in [-0.1, -0.05) is 6.92 Å². The van der Waals surface area contributed by atoms with E-state index in [2.05, 4.69) is 6.92 Å². The molecule has 1 atom stereocenters. The van der Waals surface area contributed by atoms with Gasteiger partial charge in [-0.25, -0.2) is 0 Å². The Kier molecular flexibility index (Phi) is 3.16. The van der Waals surface area contributed by atoms with Crippen LogP contribution in [0.4, 0.5) is 0 Å². The summed E-state index contributed by atoms with van der Waals surface area (Å²) >= 11 is 0. The molecule has 60 valence electrons. The van der Waals surface area contributed by atoms with Crippen molar-refractivity contribution in [2.75, 3.05) is 19.8 Å². The van der Waals surface area contributed by atoms with Crippen LogP contribution in [0, 0.1) is 11.8 Å². The Bertz CT molecular complexity index is 87.3. The number of rotatable bonds is 2. The van der Waals surface area contributed by atoms with Gasteiger partial charge < -0.3 is 9.84 Å². The molecule has 0 radical (unpaired) electrons. The molecule has 1 N–H and O–H groups in total. The van der Waals surface area contributed by atoms with Crippen molar-refractivity contribution < 1.29 is 9.84 Å². The van der Waals surface area contributed by atoms with Crippen molar-refractivity contribution >= 4 is 0 Å². The Morgan fingerprint density at radius 1 is 1.50 bits per heavy atom. The summed E-state index contributed by atoms with van der Waals surface area (Å²) in [6, 6.07) is 0. The van der Waals surface area contributed by atoms with Crippen LogP contribution in [0.1, 0.15) is 19.8 Å². The minimum atomic E-state index is 0.324. The Hall–Kier alpha value is -0.0800.